The fourth-order valence-electron chi connectivity index (χ4n) is 5.28. The van der Waals surface area contributed by atoms with Crippen molar-refractivity contribution in [3.8, 4) is 0 Å². The zero-order valence-electron chi connectivity index (χ0n) is 28.0. The Balaban J connectivity index is -0.000000328. The van der Waals surface area contributed by atoms with Gasteiger partial charge in [-0.3, -0.25) is 0 Å². The smallest absolute Gasteiger partial charge is 2.00 e. The summed E-state index contributed by atoms with van der Waals surface area (Å²) in [5.41, 5.74) is 0. The summed E-state index contributed by atoms with van der Waals surface area (Å²) in [4.78, 5) is 20.4. The number of carbonyl (C=O) groups excluding carboxylic acids is 2. The summed E-state index contributed by atoms with van der Waals surface area (Å²) in [6.07, 6.45) is 39.7. The first-order valence-electron chi connectivity index (χ1n) is 17.9. The second-order valence-electron chi connectivity index (χ2n) is 12.1. The number of hydrogen-bond donors (Lipinski definition) is 0. The maximum absolute atomic E-state index is 10.2. The van der Waals surface area contributed by atoms with Crippen molar-refractivity contribution in [2.24, 2.45) is 0 Å². The quantitative estimate of drug-likeness (QED) is 0.0527. The number of carboxylic acids is 2. The Morgan fingerprint density at radius 3 is 0.619 bits per heavy atom. The van der Waals surface area contributed by atoms with Gasteiger partial charge in [-0.1, -0.05) is 194 Å². The summed E-state index contributed by atoms with van der Waals surface area (Å²) in [6, 6.07) is 0. The molecule has 0 rings (SSSR count). The number of hydrogen-bond acceptors (Lipinski definition) is 4. The molecular formula is C36H72CaO4Zn. The zero-order valence-corrected chi connectivity index (χ0v) is 30.9. The van der Waals surface area contributed by atoms with Crippen molar-refractivity contribution < 1.29 is 39.3 Å². The van der Waals surface area contributed by atoms with Gasteiger partial charge in [0.25, 0.3) is 0 Å². The van der Waals surface area contributed by atoms with Crippen molar-refractivity contribution in [2.45, 2.75) is 219 Å². The van der Waals surface area contributed by atoms with Gasteiger partial charge in [0.1, 0.15) is 0 Å². The van der Waals surface area contributed by atoms with Crippen LogP contribution in [-0.2, 0) is 29.1 Å². The maximum Gasteiger partial charge on any atom is 2.00 e. The third-order valence-corrected chi connectivity index (χ3v) is 7.97. The van der Waals surface area contributed by atoms with Gasteiger partial charge in [0.15, 0.2) is 0 Å². The van der Waals surface area contributed by atoms with Gasteiger partial charge in [0.05, 0.1) is 0 Å². The van der Waals surface area contributed by atoms with Gasteiger partial charge in [-0.15, -0.1) is 0 Å². The second kappa shape index (κ2) is 46.2. The Morgan fingerprint density at radius 1 is 0.333 bits per heavy atom. The molecule has 42 heavy (non-hydrogen) atoms. The molecule has 0 aliphatic rings. The molecule has 0 aromatic rings. The molecule has 6 heteroatoms. The van der Waals surface area contributed by atoms with Crippen LogP contribution in [0.5, 0.6) is 0 Å². The predicted octanol–water partition coefficient (Wildman–Crippen LogP) is 9.08. The summed E-state index contributed by atoms with van der Waals surface area (Å²) in [5.74, 6) is -1.81. The van der Waals surface area contributed by atoms with Gasteiger partial charge in [0, 0.05) is 11.9 Å². The van der Waals surface area contributed by atoms with E-state index in [0.29, 0.717) is 0 Å². The molecule has 0 aromatic carbocycles. The summed E-state index contributed by atoms with van der Waals surface area (Å²) in [5, 5.41) is 20.4. The molecule has 0 spiro atoms. The second-order valence-corrected chi connectivity index (χ2v) is 12.1. The molecule has 4 nitrogen and oxygen atoms in total. The van der Waals surface area contributed by atoms with Gasteiger partial charge in [0.2, 0.25) is 0 Å². The van der Waals surface area contributed by atoms with E-state index in [1.54, 1.807) is 0 Å². The third kappa shape index (κ3) is 53.4. The normalized spacial score (nSPS) is 10.3. The molecule has 0 aromatic heterocycles. The summed E-state index contributed by atoms with van der Waals surface area (Å²) in [7, 11) is 0. The number of rotatable bonds is 32. The summed E-state index contributed by atoms with van der Waals surface area (Å²) in [6.45, 7) is 4.53. The molecule has 0 saturated carbocycles. The van der Waals surface area contributed by atoms with Crippen LogP contribution in [0.25, 0.3) is 0 Å². The number of unbranched alkanes of at least 4 members (excludes halogenated alkanes) is 28. The largest absolute Gasteiger partial charge is 2.00 e. The van der Waals surface area contributed by atoms with Gasteiger partial charge in [-0.2, -0.15) is 0 Å². The number of aliphatic carboxylic acids is 2. The van der Waals surface area contributed by atoms with Crippen LogP contribution in [0, 0.1) is 0 Å². The molecule has 0 N–H and O–H groups in total. The van der Waals surface area contributed by atoms with E-state index in [1.165, 1.54) is 167 Å². The van der Waals surface area contributed by atoms with Crippen LogP contribution >= 0.6 is 0 Å². The Bertz CT molecular complexity index is 461. The molecule has 0 unspecified atom stereocenters. The van der Waals surface area contributed by atoms with Gasteiger partial charge in [-0.05, 0) is 25.7 Å². The predicted molar refractivity (Wildman–Crippen MR) is 178 cm³/mol. The van der Waals surface area contributed by atoms with E-state index < -0.39 is 11.9 Å². The van der Waals surface area contributed by atoms with Crippen molar-refractivity contribution in [3.63, 3.8) is 0 Å². The van der Waals surface area contributed by atoms with E-state index in [0.717, 1.165) is 25.7 Å². The van der Waals surface area contributed by atoms with E-state index in [4.69, 9.17) is 0 Å². The third-order valence-electron chi connectivity index (χ3n) is 7.97. The Kier molecular flexibility index (Phi) is 54.7. The first-order valence-corrected chi connectivity index (χ1v) is 17.9. The minimum absolute atomic E-state index is 0. The number of carboxylic acid groups (broad SMARTS) is 2. The SMILES string of the molecule is CCCCCCCCCCCCCCCCCC(=O)[O-].CCCCCCCCCCCCCCCCCC(=O)[O-].[CaH2].[Zn+2]. The summed E-state index contributed by atoms with van der Waals surface area (Å²) >= 11 is 0. The molecular weight excluding hydrogens is 602 g/mol. The van der Waals surface area contributed by atoms with Crippen LogP contribution in [0.4, 0.5) is 0 Å². The first kappa shape index (κ1) is 49.7. The van der Waals surface area contributed by atoms with Crippen LogP contribution in [0.15, 0.2) is 0 Å². The minimum atomic E-state index is -0.903. The topological polar surface area (TPSA) is 80.3 Å². The molecule has 0 radical (unpaired) electrons. The van der Waals surface area contributed by atoms with E-state index in [9.17, 15) is 19.8 Å². The molecule has 244 valence electrons. The zero-order chi connectivity index (χ0) is 29.8. The minimum Gasteiger partial charge on any atom is 2.00 e. The van der Waals surface area contributed by atoms with Crippen LogP contribution in [0.3, 0.4) is 0 Å². The van der Waals surface area contributed by atoms with Gasteiger partial charge < -0.3 is 19.8 Å². The molecule has 0 atom stereocenters. The van der Waals surface area contributed by atoms with Crippen LogP contribution < -0.4 is 10.2 Å². The average Bonchev–Trinajstić information content (AvgIpc) is 2.93. The van der Waals surface area contributed by atoms with E-state index in [-0.39, 0.29) is 70.1 Å². The first-order chi connectivity index (χ1) is 19.5. The molecule has 0 aliphatic carbocycles. The molecule has 0 saturated heterocycles. The molecule has 0 bridgehead atoms. The van der Waals surface area contributed by atoms with Crippen molar-refractivity contribution in [1.29, 1.82) is 0 Å². The van der Waals surface area contributed by atoms with Gasteiger partial charge in [-0.25, -0.2) is 0 Å². The Morgan fingerprint density at radius 2 is 0.476 bits per heavy atom. The molecule has 0 amide bonds. The van der Waals surface area contributed by atoms with E-state index in [2.05, 4.69) is 13.8 Å². The molecule has 0 fully saturated rings. The Labute approximate surface area is 305 Å². The van der Waals surface area contributed by atoms with Gasteiger partial charge >= 0.3 is 57.2 Å². The van der Waals surface area contributed by atoms with Crippen LogP contribution in [-0.4, -0.2) is 49.7 Å². The maximum atomic E-state index is 10.2. The fraction of sp³-hybridized carbons (Fsp3) is 0.944. The monoisotopic (exact) mass is 672 g/mol. The van der Waals surface area contributed by atoms with Crippen molar-refractivity contribution >= 4 is 49.7 Å². The van der Waals surface area contributed by atoms with Crippen LogP contribution in [0.2, 0.25) is 0 Å². The van der Waals surface area contributed by atoms with Crippen molar-refractivity contribution in [3.05, 3.63) is 0 Å². The van der Waals surface area contributed by atoms with Crippen molar-refractivity contribution in [2.75, 3.05) is 0 Å². The fourth-order valence-corrected chi connectivity index (χ4v) is 5.28. The average molecular weight is 674 g/mol. The molecule has 0 heterocycles. The van der Waals surface area contributed by atoms with Crippen molar-refractivity contribution in [1.82, 2.24) is 0 Å². The van der Waals surface area contributed by atoms with E-state index >= 15 is 0 Å². The Hall–Kier alpha value is 0.823. The summed E-state index contributed by atoms with van der Waals surface area (Å²) < 4.78 is 0. The number of carbonyl (C=O) groups is 2. The van der Waals surface area contributed by atoms with Crippen LogP contribution in [0.1, 0.15) is 219 Å². The van der Waals surface area contributed by atoms with E-state index in [1.807, 2.05) is 0 Å². The standard InChI is InChI=1S/2C18H36O2.Ca.Zn.2H/c2*1-2-3-4-5-6-7-8-9-10-11-12-13-14-15-16-17-18(19)20;;;;/h2*2-17H2,1H3,(H,19,20);;;;/q;;;+2;;/p-2. The molecule has 0 aliphatic heterocycles.